The fraction of sp³-hybridized carbons (Fsp3) is 0.276. The number of hydrogen-bond acceptors (Lipinski definition) is 6. The van der Waals surface area contributed by atoms with Crippen molar-refractivity contribution in [1.82, 2.24) is 14.5 Å². The Labute approximate surface area is 222 Å². The third-order valence-corrected chi connectivity index (χ3v) is 7.79. The van der Waals surface area contributed by atoms with Crippen molar-refractivity contribution in [2.24, 2.45) is 0 Å². The van der Waals surface area contributed by atoms with Crippen LogP contribution in [0.4, 0.5) is 0 Å². The summed E-state index contributed by atoms with van der Waals surface area (Å²) in [6.45, 7) is 0.894. The molecular formula is C29H27N3O7. The summed E-state index contributed by atoms with van der Waals surface area (Å²) in [5, 5.41) is 43.0. The molecule has 0 spiro atoms. The van der Waals surface area contributed by atoms with Gasteiger partial charge in [-0.05, 0) is 30.5 Å². The van der Waals surface area contributed by atoms with Crippen molar-refractivity contribution < 1.29 is 34.7 Å². The van der Waals surface area contributed by atoms with E-state index < -0.39 is 24.5 Å². The molecule has 10 nitrogen and oxygen atoms in total. The lowest BCUT2D eigenvalue weighted by Crippen LogP contribution is -2.42. The molecule has 3 unspecified atom stereocenters. The van der Waals surface area contributed by atoms with Gasteiger partial charge in [-0.1, -0.05) is 18.2 Å². The minimum absolute atomic E-state index is 0.0174. The number of nitrogens with zero attached hydrogens (tertiary/aromatic N) is 1. The molecule has 0 radical (unpaired) electrons. The Kier molecular flexibility index (Phi) is 5.36. The number of H-pyrrole nitrogens is 2. The number of carboxylic acid groups (broad SMARTS) is 1. The van der Waals surface area contributed by atoms with E-state index >= 15 is 0 Å². The third kappa shape index (κ3) is 3.83. The Morgan fingerprint density at radius 1 is 1.05 bits per heavy atom. The molecule has 7 rings (SSSR count). The van der Waals surface area contributed by atoms with Crippen molar-refractivity contribution in [3.63, 3.8) is 0 Å². The highest BCUT2D eigenvalue weighted by Crippen LogP contribution is 2.49. The fourth-order valence-corrected chi connectivity index (χ4v) is 6.09. The Morgan fingerprint density at radius 2 is 1.87 bits per heavy atom. The van der Waals surface area contributed by atoms with Gasteiger partial charge in [0, 0.05) is 65.3 Å². The van der Waals surface area contributed by atoms with Gasteiger partial charge in [-0.25, -0.2) is 4.79 Å². The number of carbonyl (C=O) groups is 1. The van der Waals surface area contributed by atoms with Gasteiger partial charge in [0.25, 0.3) is 0 Å². The predicted octanol–water partition coefficient (Wildman–Crippen LogP) is 4.47. The van der Waals surface area contributed by atoms with E-state index in [-0.39, 0.29) is 24.6 Å². The number of ether oxygens (including phenoxy) is 2. The number of aromatic nitrogens is 3. The van der Waals surface area contributed by atoms with Crippen LogP contribution in [0.15, 0.2) is 48.8 Å². The molecular weight excluding hydrogens is 502 g/mol. The van der Waals surface area contributed by atoms with E-state index in [0.717, 1.165) is 41.2 Å². The maximum Gasteiger partial charge on any atom is 0.333 e. The molecule has 5 heterocycles. The molecule has 2 aromatic carbocycles. The van der Waals surface area contributed by atoms with Crippen LogP contribution in [0.3, 0.4) is 0 Å². The Morgan fingerprint density at radius 3 is 2.69 bits per heavy atom. The smallest absolute Gasteiger partial charge is 0.333 e. The molecule has 2 aliphatic heterocycles. The van der Waals surface area contributed by atoms with Crippen LogP contribution in [-0.4, -0.2) is 59.4 Å². The van der Waals surface area contributed by atoms with E-state index in [1.54, 1.807) is 18.3 Å². The first-order valence-corrected chi connectivity index (χ1v) is 13.0. The number of aromatic hydroxyl groups is 2. The van der Waals surface area contributed by atoms with Crippen LogP contribution < -0.4 is 4.74 Å². The predicted molar refractivity (Wildman–Crippen MR) is 143 cm³/mol. The Balaban J connectivity index is 1.27. The number of aromatic amines is 2. The zero-order valence-electron chi connectivity index (χ0n) is 20.8. The highest BCUT2D eigenvalue weighted by molar-refractivity contribution is 6.08. The summed E-state index contributed by atoms with van der Waals surface area (Å²) in [5.41, 5.74) is 5.69. The average Bonchev–Trinajstić information content (AvgIpc) is 3.57. The van der Waals surface area contributed by atoms with Crippen LogP contribution in [0, 0.1) is 0 Å². The molecule has 3 atom stereocenters. The van der Waals surface area contributed by atoms with Gasteiger partial charge in [0.2, 0.25) is 6.29 Å². The number of aliphatic hydroxyl groups is 1. The van der Waals surface area contributed by atoms with E-state index in [4.69, 9.17) is 9.47 Å². The quantitative estimate of drug-likeness (QED) is 0.196. The number of benzene rings is 2. The second-order valence-corrected chi connectivity index (χ2v) is 10.3. The number of nitrogens with one attached hydrogen (secondary N) is 2. The minimum atomic E-state index is -1.14. The van der Waals surface area contributed by atoms with Crippen molar-refractivity contribution in [2.45, 2.75) is 50.7 Å². The number of aliphatic hydroxyl groups excluding tert-OH is 1. The zero-order chi connectivity index (χ0) is 26.8. The molecule has 3 aromatic heterocycles. The van der Waals surface area contributed by atoms with Gasteiger partial charge in [-0.2, -0.15) is 0 Å². The number of rotatable bonds is 5. The topological polar surface area (TPSA) is 153 Å². The summed E-state index contributed by atoms with van der Waals surface area (Å²) in [7, 11) is 0. The van der Waals surface area contributed by atoms with Gasteiger partial charge in [0.05, 0.1) is 22.7 Å². The van der Waals surface area contributed by atoms with Gasteiger partial charge in [-0.3, -0.25) is 4.98 Å². The molecule has 10 heteroatoms. The molecule has 2 aliphatic rings. The van der Waals surface area contributed by atoms with Crippen LogP contribution in [-0.2, 0) is 22.5 Å². The van der Waals surface area contributed by atoms with Gasteiger partial charge < -0.3 is 39.5 Å². The molecule has 0 bridgehead atoms. The number of carboxylic acids is 1. The Bertz CT molecular complexity index is 1750. The summed E-state index contributed by atoms with van der Waals surface area (Å²) in [6.07, 6.45) is 3.18. The van der Waals surface area contributed by atoms with Gasteiger partial charge in [0.1, 0.15) is 5.75 Å². The first-order chi connectivity index (χ1) is 18.9. The van der Waals surface area contributed by atoms with E-state index in [0.29, 0.717) is 28.0 Å². The van der Waals surface area contributed by atoms with E-state index in [9.17, 15) is 25.2 Å². The minimum Gasteiger partial charge on any atom is -0.494 e. The third-order valence-electron chi connectivity index (χ3n) is 7.79. The van der Waals surface area contributed by atoms with Gasteiger partial charge in [0.15, 0.2) is 17.9 Å². The van der Waals surface area contributed by atoms with E-state index in [2.05, 4.69) is 20.6 Å². The van der Waals surface area contributed by atoms with Crippen molar-refractivity contribution in [1.29, 1.82) is 0 Å². The SMILES string of the molecule is O=C(O)C1CC(O)CC(Oc2ccc3c(-c4c(O)[nH]c(O)c4-c4cn5c6c(cccc46)CCC5)c[nH]c3c2)O1. The van der Waals surface area contributed by atoms with Crippen molar-refractivity contribution in [3.8, 4) is 39.8 Å². The first-order valence-electron chi connectivity index (χ1n) is 13.0. The average molecular weight is 530 g/mol. The van der Waals surface area contributed by atoms with Gasteiger partial charge in [-0.15, -0.1) is 0 Å². The van der Waals surface area contributed by atoms with Crippen LogP contribution in [0.25, 0.3) is 44.1 Å². The van der Waals surface area contributed by atoms with Crippen LogP contribution in [0.5, 0.6) is 17.5 Å². The maximum atomic E-state index is 11.3. The molecule has 0 amide bonds. The van der Waals surface area contributed by atoms with E-state index in [1.165, 1.54) is 5.56 Å². The second kappa shape index (κ2) is 8.82. The van der Waals surface area contributed by atoms with Crippen molar-refractivity contribution >= 4 is 27.8 Å². The molecule has 0 aliphatic carbocycles. The van der Waals surface area contributed by atoms with Crippen molar-refractivity contribution in [3.05, 3.63) is 54.4 Å². The zero-order valence-corrected chi connectivity index (χ0v) is 20.8. The molecule has 200 valence electrons. The molecule has 1 saturated heterocycles. The first kappa shape index (κ1) is 23.7. The second-order valence-electron chi connectivity index (χ2n) is 10.3. The van der Waals surface area contributed by atoms with E-state index in [1.807, 2.05) is 24.4 Å². The number of aryl methyl sites for hydroxylation is 2. The van der Waals surface area contributed by atoms with Crippen LogP contribution in [0.1, 0.15) is 24.8 Å². The lowest BCUT2D eigenvalue weighted by Gasteiger charge is -2.31. The lowest BCUT2D eigenvalue weighted by molar-refractivity contribution is -0.195. The van der Waals surface area contributed by atoms with Crippen molar-refractivity contribution in [2.75, 3.05) is 0 Å². The monoisotopic (exact) mass is 529 g/mol. The number of para-hydroxylation sites is 1. The van der Waals surface area contributed by atoms with Gasteiger partial charge >= 0.3 is 5.97 Å². The summed E-state index contributed by atoms with van der Waals surface area (Å²) in [5.74, 6) is -0.950. The summed E-state index contributed by atoms with van der Waals surface area (Å²) in [6, 6.07) is 11.5. The summed E-state index contributed by atoms with van der Waals surface area (Å²) < 4.78 is 13.6. The molecule has 1 fully saturated rings. The lowest BCUT2D eigenvalue weighted by atomic mass is 9.96. The standard InChI is InChI=1S/C29H27N3O7/c33-15-9-22(29(36)37)39-23(10-15)38-16-6-7-17-19(12-30-21(17)11-16)24-25(28(35)31-27(24)34)20-13-32-8-2-4-14-3-1-5-18(20)26(14)32/h1,3,5-7,11-13,15,22-23,30-31,33-35H,2,4,8-10H2,(H,36,37). The summed E-state index contributed by atoms with van der Waals surface area (Å²) >= 11 is 0. The molecule has 0 saturated carbocycles. The maximum absolute atomic E-state index is 11.3. The largest absolute Gasteiger partial charge is 0.494 e. The normalized spacial score (nSPS) is 21.0. The molecule has 39 heavy (non-hydrogen) atoms. The number of aliphatic carboxylic acids is 1. The fourth-order valence-electron chi connectivity index (χ4n) is 6.09. The number of fused-ring (bicyclic) bond motifs is 1. The highest BCUT2D eigenvalue weighted by Gasteiger charge is 2.34. The Hall–Kier alpha value is -4.41. The number of hydrogen-bond donors (Lipinski definition) is 6. The highest BCUT2D eigenvalue weighted by atomic mass is 16.7. The van der Waals surface area contributed by atoms with Crippen LogP contribution >= 0.6 is 0 Å². The van der Waals surface area contributed by atoms with Crippen LogP contribution in [0.2, 0.25) is 0 Å². The molecule has 5 aromatic rings. The summed E-state index contributed by atoms with van der Waals surface area (Å²) in [4.78, 5) is 17.3. The molecule has 6 N–H and O–H groups in total.